The Balaban J connectivity index is 1.71. The van der Waals surface area contributed by atoms with Crippen LogP contribution in [0.1, 0.15) is 11.1 Å². The molecule has 1 aliphatic rings. The van der Waals surface area contributed by atoms with Gasteiger partial charge in [-0.3, -0.25) is 0 Å². The lowest BCUT2D eigenvalue weighted by atomic mass is 10.1. The average molecular weight is 275 g/mol. The van der Waals surface area contributed by atoms with Crippen molar-refractivity contribution >= 4 is 0 Å². The molecule has 20 heavy (non-hydrogen) atoms. The number of hydrogen-bond acceptors (Lipinski definition) is 4. The molecule has 0 spiro atoms. The molecule has 0 saturated heterocycles. The van der Waals surface area contributed by atoms with Crippen molar-refractivity contribution in [3.8, 4) is 17.2 Å². The summed E-state index contributed by atoms with van der Waals surface area (Å²) in [4.78, 5) is 0. The van der Waals surface area contributed by atoms with Crippen LogP contribution in [0, 0.1) is 5.82 Å². The molecular weight excluding hydrogens is 261 g/mol. The summed E-state index contributed by atoms with van der Waals surface area (Å²) < 4.78 is 29.5. The van der Waals surface area contributed by atoms with Crippen LogP contribution in [0.3, 0.4) is 0 Å². The summed E-state index contributed by atoms with van der Waals surface area (Å²) in [6.07, 6.45) is 0. The van der Waals surface area contributed by atoms with E-state index >= 15 is 0 Å². The zero-order chi connectivity index (χ0) is 13.9. The van der Waals surface area contributed by atoms with Gasteiger partial charge in [0.2, 0.25) is 6.79 Å². The van der Waals surface area contributed by atoms with Crippen LogP contribution in [-0.2, 0) is 13.2 Å². The van der Waals surface area contributed by atoms with Crippen LogP contribution in [0.15, 0.2) is 36.4 Å². The molecule has 0 atom stereocenters. The van der Waals surface area contributed by atoms with Crippen molar-refractivity contribution in [3.63, 3.8) is 0 Å². The van der Waals surface area contributed by atoms with E-state index in [4.69, 9.17) is 19.9 Å². The van der Waals surface area contributed by atoms with Crippen LogP contribution in [0.5, 0.6) is 17.2 Å². The molecule has 2 N–H and O–H groups in total. The van der Waals surface area contributed by atoms with E-state index in [1.54, 1.807) is 18.2 Å². The molecule has 3 rings (SSSR count). The Morgan fingerprint density at radius 3 is 2.70 bits per heavy atom. The Hall–Kier alpha value is -2.27. The minimum atomic E-state index is -0.308. The van der Waals surface area contributed by atoms with Crippen LogP contribution < -0.4 is 19.9 Å². The SMILES string of the molecule is NCc1cc(F)cc(COc2ccc3c(c2)OCO3)c1. The summed E-state index contributed by atoms with van der Waals surface area (Å²) in [6, 6.07) is 10.0. The fraction of sp³-hybridized carbons (Fsp3) is 0.200. The molecule has 0 amide bonds. The number of hydrogen-bond donors (Lipinski definition) is 1. The summed E-state index contributed by atoms with van der Waals surface area (Å²) in [6.45, 7) is 0.793. The highest BCUT2D eigenvalue weighted by Crippen LogP contribution is 2.35. The standard InChI is InChI=1S/C15H14FNO3/c16-12-4-10(7-17)3-11(5-12)8-18-13-1-2-14-15(6-13)20-9-19-14/h1-6H,7-9,17H2. The molecule has 0 radical (unpaired) electrons. The van der Waals surface area contributed by atoms with Crippen LogP contribution in [-0.4, -0.2) is 6.79 Å². The number of fused-ring (bicyclic) bond motifs is 1. The minimum absolute atomic E-state index is 0.225. The minimum Gasteiger partial charge on any atom is -0.489 e. The second kappa shape index (κ2) is 5.38. The lowest BCUT2D eigenvalue weighted by Gasteiger charge is -2.08. The van der Waals surface area contributed by atoms with Crippen molar-refractivity contribution in [2.24, 2.45) is 5.73 Å². The predicted octanol–water partition coefficient (Wildman–Crippen LogP) is 2.59. The Kier molecular flexibility index (Phi) is 3.43. The first-order valence-electron chi connectivity index (χ1n) is 6.25. The third-order valence-electron chi connectivity index (χ3n) is 3.00. The summed E-state index contributed by atoms with van der Waals surface area (Å²) in [7, 11) is 0. The Morgan fingerprint density at radius 1 is 1.05 bits per heavy atom. The van der Waals surface area contributed by atoms with E-state index in [1.807, 2.05) is 6.07 Å². The van der Waals surface area contributed by atoms with Gasteiger partial charge in [-0.05, 0) is 35.4 Å². The Morgan fingerprint density at radius 2 is 1.85 bits per heavy atom. The zero-order valence-corrected chi connectivity index (χ0v) is 10.8. The van der Waals surface area contributed by atoms with E-state index in [0.29, 0.717) is 23.8 Å². The zero-order valence-electron chi connectivity index (χ0n) is 10.8. The first kappa shape index (κ1) is 12.7. The summed E-state index contributed by atoms with van der Waals surface area (Å²) in [5, 5.41) is 0. The molecule has 4 nitrogen and oxygen atoms in total. The van der Waals surface area contributed by atoms with Crippen LogP contribution in [0.4, 0.5) is 4.39 Å². The molecule has 0 aromatic heterocycles. The molecule has 0 aliphatic carbocycles. The number of nitrogens with two attached hydrogens (primary N) is 1. The first-order valence-corrected chi connectivity index (χ1v) is 6.25. The second-order valence-electron chi connectivity index (χ2n) is 4.48. The van der Waals surface area contributed by atoms with E-state index in [0.717, 1.165) is 11.1 Å². The molecule has 0 saturated carbocycles. The Labute approximate surface area is 115 Å². The highest BCUT2D eigenvalue weighted by molar-refractivity contribution is 5.46. The van der Waals surface area contributed by atoms with Gasteiger partial charge in [0.05, 0.1) is 0 Å². The lowest BCUT2D eigenvalue weighted by molar-refractivity contribution is 0.173. The van der Waals surface area contributed by atoms with E-state index in [1.165, 1.54) is 12.1 Å². The third kappa shape index (κ3) is 2.67. The molecule has 0 bridgehead atoms. The summed E-state index contributed by atoms with van der Waals surface area (Å²) >= 11 is 0. The van der Waals surface area contributed by atoms with Crippen molar-refractivity contribution in [2.45, 2.75) is 13.2 Å². The van der Waals surface area contributed by atoms with Crippen molar-refractivity contribution in [2.75, 3.05) is 6.79 Å². The van der Waals surface area contributed by atoms with Crippen LogP contribution >= 0.6 is 0 Å². The molecule has 2 aromatic rings. The third-order valence-corrected chi connectivity index (χ3v) is 3.00. The van der Waals surface area contributed by atoms with Gasteiger partial charge in [0, 0.05) is 12.6 Å². The van der Waals surface area contributed by atoms with Gasteiger partial charge < -0.3 is 19.9 Å². The van der Waals surface area contributed by atoms with Crippen LogP contribution in [0.25, 0.3) is 0 Å². The largest absolute Gasteiger partial charge is 0.489 e. The molecular formula is C15H14FNO3. The topological polar surface area (TPSA) is 53.7 Å². The maximum absolute atomic E-state index is 13.4. The quantitative estimate of drug-likeness (QED) is 0.931. The van der Waals surface area contributed by atoms with Crippen molar-refractivity contribution in [1.29, 1.82) is 0 Å². The normalized spacial score (nSPS) is 12.5. The van der Waals surface area contributed by atoms with Gasteiger partial charge >= 0.3 is 0 Å². The van der Waals surface area contributed by atoms with Gasteiger partial charge in [0.25, 0.3) is 0 Å². The fourth-order valence-corrected chi connectivity index (χ4v) is 2.05. The van der Waals surface area contributed by atoms with Crippen molar-refractivity contribution < 1.29 is 18.6 Å². The van der Waals surface area contributed by atoms with Gasteiger partial charge in [-0.25, -0.2) is 4.39 Å². The maximum Gasteiger partial charge on any atom is 0.231 e. The number of rotatable bonds is 4. The highest BCUT2D eigenvalue weighted by Gasteiger charge is 2.13. The van der Waals surface area contributed by atoms with Gasteiger partial charge in [-0.2, -0.15) is 0 Å². The van der Waals surface area contributed by atoms with Gasteiger partial charge in [-0.15, -0.1) is 0 Å². The van der Waals surface area contributed by atoms with Crippen LogP contribution in [0.2, 0.25) is 0 Å². The lowest BCUT2D eigenvalue weighted by Crippen LogP contribution is -2.01. The van der Waals surface area contributed by atoms with Crippen molar-refractivity contribution in [3.05, 3.63) is 53.3 Å². The molecule has 5 heteroatoms. The molecule has 1 aliphatic heterocycles. The van der Waals surface area contributed by atoms with E-state index in [9.17, 15) is 4.39 Å². The van der Waals surface area contributed by atoms with Gasteiger partial charge in [0.1, 0.15) is 18.2 Å². The number of ether oxygens (including phenoxy) is 3. The summed E-state index contributed by atoms with van der Waals surface area (Å²) in [5.41, 5.74) is 7.00. The van der Waals surface area contributed by atoms with Gasteiger partial charge in [-0.1, -0.05) is 6.07 Å². The van der Waals surface area contributed by atoms with E-state index in [-0.39, 0.29) is 19.2 Å². The molecule has 104 valence electrons. The average Bonchev–Trinajstić information content (AvgIpc) is 2.92. The molecule has 2 aromatic carbocycles. The second-order valence-corrected chi connectivity index (χ2v) is 4.48. The molecule has 0 fully saturated rings. The fourth-order valence-electron chi connectivity index (χ4n) is 2.05. The maximum atomic E-state index is 13.4. The highest BCUT2D eigenvalue weighted by atomic mass is 19.1. The predicted molar refractivity (Wildman–Crippen MR) is 71.2 cm³/mol. The monoisotopic (exact) mass is 275 g/mol. The van der Waals surface area contributed by atoms with E-state index in [2.05, 4.69) is 0 Å². The number of benzene rings is 2. The molecule has 1 heterocycles. The van der Waals surface area contributed by atoms with E-state index < -0.39 is 0 Å². The van der Waals surface area contributed by atoms with Gasteiger partial charge in [0.15, 0.2) is 11.5 Å². The Bertz CT molecular complexity index is 631. The first-order chi connectivity index (χ1) is 9.74. The molecule has 0 unspecified atom stereocenters. The van der Waals surface area contributed by atoms with Crippen molar-refractivity contribution in [1.82, 2.24) is 0 Å². The number of halogens is 1. The summed E-state index contributed by atoms with van der Waals surface area (Å²) in [5.74, 6) is 1.70. The smallest absolute Gasteiger partial charge is 0.231 e.